The maximum atomic E-state index is 4.40. The van der Waals surface area contributed by atoms with E-state index in [1.165, 1.54) is 25.1 Å². The van der Waals surface area contributed by atoms with E-state index in [1.54, 1.807) is 11.3 Å². The van der Waals surface area contributed by atoms with Crippen molar-refractivity contribution in [1.29, 1.82) is 0 Å². The molecule has 19 heavy (non-hydrogen) atoms. The topological polar surface area (TPSA) is 28.2 Å². The molecule has 1 aromatic rings. The summed E-state index contributed by atoms with van der Waals surface area (Å²) in [5.74, 6) is 0.774. The first-order valence-corrected chi connectivity index (χ1v) is 8.47. The molecule has 1 saturated heterocycles. The number of thiazole rings is 1. The van der Waals surface area contributed by atoms with Crippen LogP contribution in [-0.2, 0) is 6.42 Å². The first-order chi connectivity index (χ1) is 9.19. The Morgan fingerprint density at radius 3 is 3.00 bits per heavy atom. The number of nitrogens with one attached hydrogen (secondary N) is 1. The molecule has 1 N–H and O–H groups in total. The van der Waals surface area contributed by atoms with E-state index in [4.69, 9.17) is 0 Å². The molecule has 0 aromatic carbocycles. The van der Waals surface area contributed by atoms with Gasteiger partial charge < -0.3 is 5.32 Å². The summed E-state index contributed by atoms with van der Waals surface area (Å²) in [6.07, 6.45) is 3.61. The molecule has 108 valence electrons. The Morgan fingerprint density at radius 1 is 1.53 bits per heavy atom. The first-order valence-electron chi connectivity index (χ1n) is 7.53. The van der Waals surface area contributed by atoms with Gasteiger partial charge in [0.1, 0.15) is 0 Å². The van der Waals surface area contributed by atoms with Crippen molar-refractivity contribution in [3.05, 3.63) is 16.6 Å². The van der Waals surface area contributed by atoms with E-state index in [0.717, 1.165) is 25.4 Å². The van der Waals surface area contributed by atoms with Crippen molar-refractivity contribution in [2.45, 2.75) is 52.1 Å². The molecule has 2 rings (SSSR count). The van der Waals surface area contributed by atoms with Gasteiger partial charge in [0.2, 0.25) is 0 Å². The molecule has 0 bridgehead atoms. The van der Waals surface area contributed by atoms with Crippen molar-refractivity contribution < 1.29 is 0 Å². The summed E-state index contributed by atoms with van der Waals surface area (Å²) in [7, 11) is 0. The monoisotopic (exact) mass is 281 g/mol. The smallest absolute Gasteiger partial charge is 0.0794 e. The van der Waals surface area contributed by atoms with E-state index in [1.807, 2.05) is 5.51 Å². The van der Waals surface area contributed by atoms with Gasteiger partial charge in [-0.25, -0.2) is 4.98 Å². The summed E-state index contributed by atoms with van der Waals surface area (Å²) in [4.78, 5) is 7.06. The van der Waals surface area contributed by atoms with E-state index >= 15 is 0 Å². The average Bonchev–Trinajstić information content (AvgIpc) is 2.89. The van der Waals surface area contributed by atoms with Crippen LogP contribution in [0.5, 0.6) is 0 Å². The quantitative estimate of drug-likeness (QED) is 0.869. The highest BCUT2D eigenvalue weighted by molar-refractivity contribution is 7.07. The van der Waals surface area contributed by atoms with Crippen LogP contribution < -0.4 is 5.32 Å². The van der Waals surface area contributed by atoms with Gasteiger partial charge >= 0.3 is 0 Å². The minimum absolute atomic E-state index is 0.665. The van der Waals surface area contributed by atoms with E-state index in [2.05, 4.69) is 41.4 Å². The van der Waals surface area contributed by atoms with Gasteiger partial charge in [-0.2, -0.15) is 0 Å². The third-order valence-corrected chi connectivity index (χ3v) is 4.61. The number of piperazine rings is 1. The largest absolute Gasteiger partial charge is 0.311 e. The zero-order valence-electron chi connectivity index (χ0n) is 12.4. The Bertz CT molecular complexity index is 350. The average molecular weight is 281 g/mol. The zero-order chi connectivity index (χ0) is 13.7. The fourth-order valence-corrected chi connectivity index (χ4v) is 3.54. The van der Waals surface area contributed by atoms with Crippen molar-refractivity contribution >= 4 is 11.3 Å². The lowest BCUT2D eigenvalue weighted by Gasteiger charge is -2.40. The number of nitrogens with zero attached hydrogens (tertiary/aromatic N) is 2. The molecule has 0 radical (unpaired) electrons. The standard InChI is InChI=1S/C15H27N3S/c1-4-15-8-16-14(7-12(2)3)9-18(15)6-5-13-10-19-11-17-13/h10-12,14-16H,4-9H2,1-3H3. The van der Waals surface area contributed by atoms with Crippen molar-refractivity contribution in [3.8, 4) is 0 Å². The van der Waals surface area contributed by atoms with E-state index in [0.29, 0.717) is 12.1 Å². The van der Waals surface area contributed by atoms with Crippen LogP contribution in [-0.4, -0.2) is 41.6 Å². The maximum absolute atomic E-state index is 4.40. The van der Waals surface area contributed by atoms with Crippen LogP contribution in [0.2, 0.25) is 0 Å². The van der Waals surface area contributed by atoms with Gasteiger partial charge in [-0.15, -0.1) is 11.3 Å². The normalized spacial score (nSPS) is 25.1. The van der Waals surface area contributed by atoms with E-state index in [-0.39, 0.29) is 0 Å². The predicted octanol–water partition coefficient (Wildman–Crippen LogP) is 2.78. The van der Waals surface area contributed by atoms with Crippen molar-refractivity contribution in [3.63, 3.8) is 0 Å². The fraction of sp³-hybridized carbons (Fsp3) is 0.800. The third kappa shape index (κ3) is 4.55. The molecule has 2 heterocycles. The highest BCUT2D eigenvalue weighted by atomic mass is 32.1. The second-order valence-electron chi connectivity index (χ2n) is 6.02. The molecule has 0 amide bonds. The van der Waals surface area contributed by atoms with E-state index in [9.17, 15) is 0 Å². The van der Waals surface area contributed by atoms with Gasteiger partial charge in [0, 0.05) is 43.5 Å². The van der Waals surface area contributed by atoms with Crippen molar-refractivity contribution in [2.24, 2.45) is 5.92 Å². The van der Waals surface area contributed by atoms with Gasteiger partial charge in [0.05, 0.1) is 11.2 Å². The summed E-state index contributed by atoms with van der Waals surface area (Å²) in [5.41, 5.74) is 3.19. The summed E-state index contributed by atoms with van der Waals surface area (Å²) >= 11 is 1.70. The second kappa shape index (κ2) is 7.36. The Labute approximate surface area is 121 Å². The highest BCUT2D eigenvalue weighted by Gasteiger charge is 2.26. The minimum atomic E-state index is 0.665. The van der Waals surface area contributed by atoms with Gasteiger partial charge in [0.25, 0.3) is 0 Å². The molecule has 0 spiro atoms. The van der Waals surface area contributed by atoms with Gasteiger partial charge in [0.15, 0.2) is 0 Å². The van der Waals surface area contributed by atoms with Crippen molar-refractivity contribution in [1.82, 2.24) is 15.2 Å². The molecule has 3 nitrogen and oxygen atoms in total. The fourth-order valence-electron chi connectivity index (χ4n) is 2.95. The predicted molar refractivity (Wildman–Crippen MR) is 82.7 cm³/mol. The van der Waals surface area contributed by atoms with Crippen LogP contribution in [0.1, 0.15) is 39.3 Å². The summed E-state index contributed by atoms with van der Waals surface area (Å²) in [6.45, 7) is 10.4. The Kier molecular flexibility index (Phi) is 5.79. The molecule has 1 aromatic heterocycles. The third-order valence-electron chi connectivity index (χ3n) is 3.98. The molecule has 1 fully saturated rings. The molecule has 0 aliphatic carbocycles. The van der Waals surface area contributed by atoms with Crippen LogP contribution in [0.15, 0.2) is 10.9 Å². The van der Waals surface area contributed by atoms with Crippen LogP contribution in [0, 0.1) is 5.92 Å². The molecular weight excluding hydrogens is 254 g/mol. The number of rotatable bonds is 6. The van der Waals surface area contributed by atoms with Crippen LogP contribution >= 0.6 is 11.3 Å². The lowest BCUT2D eigenvalue weighted by Crippen LogP contribution is -2.56. The number of hydrogen-bond donors (Lipinski definition) is 1. The van der Waals surface area contributed by atoms with Crippen molar-refractivity contribution in [2.75, 3.05) is 19.6 Å². The number of hydrogen-bond acceptors (Lipinski definition) is 4. The van der Waals surface area contributed by atoms with Crippen LogP contribution in [0.3, 0.4) is 0 Å². The SMILES string of the molecule is CCC1CNC(CC(C)C)CN1CCc1cscn1. The lowest BCUT2D eigenvalue weighted by atomic mass is 9.98. The van der Waals surface area contributed by atoms with Crippen LogP contribution in [0.25, 0.3) is 0 Å². The molecule has 2 unspecified atom stereocenters. The Morgan fingerprint density at radius 2 is 2.37 bits per heavy atom. The van der Waals surface area contributed by atoms with Crippen LogP contribution in [0.4, 0.5) is 0 Å². The molecule has 0 saturated carbocycles. The molecule has 4 heteroatoms. The molecule has 2 atom stereocenters. The van der Waals surface area contributed by atoms with Gasteiger partial charge in [-0.3, -0.25) is 4.90 Å². The second-order valence-corrected chi connectivity index (χ2v) is 6.74. The van der Waals surface area contributed by atoms with Gasteiger partial charge in [-0.05, 0) is 18.8 Å². The summed E-state index contributed by atoms with van der Waals surface area (Å²) in [6, 6.07) is 1.36. The first kappa shape index (κ1) is 14.9. The highest BCUT2D eigenvalue weighted by Crippen LogP contribution is 2.16. The van der Waals surface area contributed by atoms with Gasteiger partial charge in [-0.1, -0.05) is 20.8 Å². The Balaban J connectivity index is 1.86. The van der Waals surface area contributed by atoms with E-state index < -0.39 is 0 Å². The molecular formula is C15H27N3S. The minimum Gasteiger partial charge on any atom is -0.311 e. The maximum Gasteiger partial charge on any atom is 0.0794 e. The molecule has 1 aliphatic heterocycles. The zero-order valence-corrected chi connectivity index (χ0v) is 13.2. The molecule has 1 aliphatic rings. The lowest BCUT2D eigenvalue weighted by molar-refractivity contribution is 0.120. The number of aromatic nitrogens is 1. The summed E-state index contributed by atoms with van der Waals surface area (Å²) in [5, 5.41) is 5.89. The summed E-state index contributed by atoms with van der Waals surface area (Å²) < 4.78 is 0. The Hall–Kier alpha value is -0.450.